The summed E-state index contributed by atoms with van der Waals surface area (Å²) >= 11 is 0. The molecule has 0 saturated carbocycles. The third-order valence-electron chi connectivity index (χ3n) is 4.62. The number of nitrogens with zero attached hydrogens (tertiary/aromatic N) is 4. The van der Waals surface area contributed by atoms with Crippen LogP contribution in [0.2, 0.25) is 0 Å². The molecule has 10 nitrogen and oxygen atoms in total. The second-order valence-electron chi connectivity index (χ2n) is 6.46. The molecule has 156 valence electrons. The number of piperazine rings is 1. The van der Waals surface area contributed by atoms with Gasteiger partial charge in [-0.2, -0.15) is 9.57 Å². The predicted molar refractivity (Wildman–Crippen MR) is 105 cm³/mol. The highest BCUT2D eigenvalue weighted by Gasteiger charge is 2.30. The summed E-state index contributed by atoms with van der Waals surface area (Å²) in [6.07, 6.45) is 0. The smallest absolute Gasteiger partial charge is 0.269 e. The summed E-state index contributed by atoms with van der Waals surface area (Å²) in [5.74, 6) is 0.188. The minimum Gasteiger partial charge on any atom is -0.484 e. The van der Waals surface area contributed by atoms with Crippen LogP contribution in [0.3, 0.4) is 0 Å². The molecular formula is C19H18N4O6S. The number of hydrogen-bond donors (Lipinski definition) is 0. The summed E-state index contributed by atoms with van der Waals surface area (Å²) in [4.78, 5) is 24.0. The Morgan fingerprint density at radius 1 is 1.07 bits per heavy atom. The maximum absolute atomic E-state index is 12.7. The number of non-ortho nitro benzene ring substituents is 1. The van der Waals surface area contributed by atoms with Crippen molar-refractivity contribution in [1.29, 1.82) is 5.26 Å². The summed E-state index contributed by atoms with van der Waals surface area (Å²) in [5.41, 5.74) is 0.297. The molecule has 11 heteroatoms. The van der Waals surface area contributed by atoms with Crippen molar-refractivity contribution in [2.75, 3.05) is 32.8 Å². The van der Waals surface area contributed by atoms with E-state index < -0.39 is 14.9 Å². The van der Waals surface area contributed by atoms with E-state index in [9.17, 15) is 23.3 Å². The van der Waals surface area contributed by atoms with Crippen LogP contribution in [-0.2, 0) is 14.8 Å². The van der Waals surface area contributed by atoms with Crippen molar-refractivity contribution in [1.82, 2.24) is 9.21 Å². The maximum Gasteiger partial charge on any atom is 0.269 e. The first-order valence-corrected chi connectivity index (χ1v) is 10.4. The van der Waals surface area contributed by atoms with Gasteiger partial charge in [-0.25, -0.2) is 8.42 Å². The van der Waals surface area contributed by atoms with Gasteiger partial charge in [0.2, 0.25) is 10.0 Å². The molecule has 2 aromatic carbocycles. The molecule has 1 saturated heterocycles. The highest BCUT2D eigenvalue weighted by atomic mass is 32.2. The second-order valence-corrected chi connectivity index (χ2v) is 8.40. The SMILES string of the molecule is N#Cc1ccc(OCC(=O)N2CCN(S(=O)(=O)c3ccc([N+](=O)[O-])cc3)CC2)cc1. The van der Waals surface area contributed by atoms with Crippen LogP contribution in [0.4, 0.5) is 5.69 Å². The molecule has 0 spiro atoms. The Labute approximate surface area is 173 Å². The molecule has 0 bridgehead atoms. The summed E-state index contributed by atoms with van der Waals surface area (Å²) in [6, 6.07) is 13.1. The number of hydrogen-bond acceptors (Lipinski definition) is 7. The second kappa shape index (κ2) is 8.89. The zero-order chi connectivity index (χ0) is 21.7. The number of carbonyl (C=O) groups is 1. The predicted octanol–water partition coefficient (Wildman–Crippen LogP) is 1.38. The van der Waals surface area contributed by atoms with Crippen molar-refractivity contribution in [3.05, 3.63) is 64.2 Å². The summed E-state index contributed by atoms with van der Waals surface area (Å²) < 4.78 is 32.1. The zero-order valence-corrected chi connectivity index (χ0v) is 16.6. The molecular weight excluding hydrogens is 412 g/mol. The number of ether oxygens (including phenoxy) is 1. The van der Waals surface area contributed by atoms with Crippen molar-refractivity contribution in [2.24, 2.45) is 0 Å². The van der Waals surface area contributed by atoms with Crippen molar-refractivity contribution in [3.63, 3.8) is 0 Å². The van der Waals surface area contributed by atoms with Gasteiger partial charge in [-0.3, -0.25) is 14.9 Å². The van der Waals surface area contributed by atoms with Crippen molar-refractivity contribution in [2.45, 2.75) is 4.90 Å². The van der Waals surface area contributed by atoms with E-state index in [0.29, 0.717) is 11.3 Å². The fourth-order valence-electron chi connectivity index (χ4n) is 2.93. The quantitative estimate of drug-likeness (QED) is 0.499. The van der Waals surface area contributed by atoms with E-state index in [1.165, 1.54) is 21.3 Å². The molecule has 1 aliphatic rings. The van der Waals surface area contributed by atoms with Gasteiger partial charge in [0.05, 0.1) is 21.5 Å². The normalized spacial score (nSPS) is 14.7. The summed E-state index contributed by atoms with van der Waals surface area (Å²) in [6.45, 7) is 0.453. The van der Waals surface area contributed by atoms with E-state index >= 15 is 0 Å². The lowest BCUT2D eigenvalue weighted by atomic mass is 10.2. The molecule has 0 N–H and O–H groups in total. The van der Waals surface area contributed by atoms with Crippen LogP contribution in [0.25, 0.3) is 0 Å². The molecule has 3 rings (SSSR count). The number of nitro benzene ring substituents is 1. The van der Waals surface area contributed by atoms with Gasteiger partial charge >= 0.3 is 0 Å². The van der Waals surface area contributed by atoms with E-state index in [-0.39, 0.29) is 49.3 Å². The molecule has 0 radical (unpaired) electrons. The lowest BCUT2D eigenvalue weighted by molar-refractivity contribution is -0.384. The monoisotopic (exact) mass is 430 g/mol. The van der Waals surface area contributed by atoms with Crippen LogP contribution in [0.1, 0.15) is 5.56 Å². The number of nitro groups is 1. The van der Waals surface area contributed by atoms with Crippen molar-refractivity contribution < 1.29 is 22.9 Å². The van der Waals surface area contributed by atoms with Gasteiger partial charge in [0, 0.05) is 38.3 Å². The Morgan fingerprint density at radius 2 is 1.67 bits per heavy atom. The van der Waals surface area contributed by atoms with Gasteiger partial charge in [0.25, 0.3) is 11.6 Å². The Kier molecular flexibility index (Phi) is 6.29. The van der Waals surface area contributed by atoms with Crippen LogP contribution >= 0.6 is 0 Å². The van der Waals surface area contributed by atoms with E-state index in [4.69, 9.17) is 10.00 Å². The maximum atomic E-state index is 12.7. The lowest BCUT2D eigenvalue weighted by Crippen LogP contribution is -2.51. The number of sulfonamides is 1. The van der Waals surface area contributed by atoms with E-state index in [0.717, 1.165) is 12.1 Å². The highest BCUT2D eigenvalue weighted by Crippen LogP contribution is 2.21. The number of nitriles is 1. The Balaban J connectivity index is 1.54. The fourth-order valence-corrected chi connectivity index (χ4v) is 4.35. The summed E-state index contributed by atoms with van der Waals surface area (Å²) in [7, 11) is -3.80. The molecule has 0 aliphatic carbocycles. The van der Waals surface area contributed by atoms with Gasteiger partial charge in [-0.15, -0.1) is 0 Å². The van der Waals surface area contributed by atoms with Crippen molar-refractivity contribution >= 4 is 21.6 Å². The van der Waals surface area contributed by atoms with Crippen molar-refractivity contribution in [3.8, 4) is 11.8 Å². The van der Waals surface area contributed by atoms with Crippen LogP contribution in [0.5, 0.6) is 5.75 Å². The molecule has 1 heterocycles. The minimum absolute atomic E-state index is 0.0305. The molecule has 0 unspecified atom stereocenters. The minimum atomic E-state index is -3.80. The van der Waals surface area contributed by atoms with Crippen LogP contribution in [-0.4, -0.2) is 61.2 Å². The first-order chi connectivity index (χ1) is 14.3. The average Bonchev–Trinajstić information content (AvgIpc) is 2.78. The van der Waals surface area contributed by atoms with Crippen LogP contribution < -0.4 is 4.74 Å². The van der Waals surface area contributed by atoms with E-state index in [1.807, 2.05) is 6.07 Å². The van der Waals surface area contributed by atoms with Gasteiger partial charge in [0.15, 0.2) is 6.61 Å². The number of rotatable bonds is 6. The molecule has 30 heavy (non-hydrogen) atoms. The first kappa shape index (κ1) is 21.2. The topological polar surface area (TPSA) is 134 Å². The highest BCUT2D eigenvalue weighted by molar-refractivity contribution is 7.89. The van der Waals surface area contributed by atoms with Gasteiger partial charge < -0.3 is 9.64 Å². The van der Waals surface area contributed by atoms with Crippen LogP contribution in [0.15, 0.2) is 53.4 Å². The molecule has 1 amide bonds. The molecule has 0 aromatic heterocycles. The standard InChI is InChI=1S/C19H18N4O6S/c20-13-15-1-5-17(6-2-15)29-14-19(24)21-9-11-22(12-10-21)30(27,28)18-7-3-16(4-8-18)23(25)26/h1-8H,9-12,14H2. The van der Waals surface area contributed by atoms with Crippen LogP contribution in [0, 0.1) is 21.4 Å². The van der Waals surface area contributed by atoms with Gasteiger partial charge in [0.1, 0.15) is 5.75 Å². The average molecular weight is 430 g/mol. The lowest BCUT2D eigenvalue weighted by Gasteiger charge is -2.33. The fraction of sp³-hybridized carbons (Fsp3) is 0.263. The molecule has 1 fully saturated rings. The third-order valence-corrected chi connectivity index (χ3v) is 6.54. The first-order valence-electron chi connectivity index (χ1n) is 8.96. The number of carbonyl (C=O) groups excluding carboxylic acids is 1. The third kappa shape index (κ3) is 4.73. The van der Waals surface area contributed by atoms with E-state index in [1.54, 1.807) is 24.3 Å². The Morgan fingerprint density at radius 3 is 2.20 bits per heavy atom. The largest absolute Gasteiger partial charge is 0.484 e. The Hall–Kier alpha value is -3.49. The number of benzene rings is 2. The molecule has 0 atom stereocenters. The summed E-state index contributed by atoms with van der Waals surface area (Å²) in [5, 5.41) is 19.5. The Bertz CT molecular complexity index is 1070. The van der Waals surface area contributed by atoms with Gasteiger partial charge in [-0.05, 0) is 36.4 Å². The van der Waals surface area contributed by atoms with E-state index in [2.05, 4.69) is 0 Å². The molecule has 2 aromatic rings. The zero-order valence-electron chi connectivity index (χ0n) is 15.8. The molecule has 1 aliphatic heterocycles. The number of amides is 1. The van der Waals surface area contributed by atoms with Gasteiger partial charge in [-0.1, -0.05) is 0 Å².